The predicted octanol–water partition coefficient (Wildman–Crippen LogP) is 2.67. The lowest BCUT2D eigenvalue weighted by atomic mass is 10.4. The maximum Gasteiger partial charge on any atom is 0.224 e. The molecule has 0 aliphatic carbocycles. The molecule has 0 saturated heterocycles. The van der Waals surface area contributed by atoms with E-state index in [-0.39, 0.29) is 5.28 Å². The average Bonchev–Trinajstić information content (AvgIpc) is 2.64. The normalized spacial score (nSPS) is 10.4. The third kappa shape index (κ3) is 2.52. The van der Waals surface area contributed by atoms with Gasteiger partial charge in [-0.25, -0.2) is 9.97 Å². The summed E-state index contributed by atoms with van der Waals surface area (Å²) in [4.78, 5) is 9.90. The first-order chi connectivity index (χ1) is 7.65. The molecule has 0 atom stereocenters. The van der Waals surface area contributed by atoms with Crippen molar-refractivity contribution in [1.29, 1.82) is 0 Å². The lowest BCUT2D eigenvalue weighted by Crippen LogP contribution is -2.17. The smallest absolute Gasteiger partial charge is 0.224 e. The summed E-state index contributed by atoms with van der Waals surface area (Å²) in [7, 11) is 1.93. The van der Waals surface area contributed by atoms with Gasteiger partial charge in [0.25, 0.3) is 0 Å². The van der Waals surface area contributed by atoms with Crippen molar-refractivity contribution in [3.8, 4) is 0 Å². The quantitative estimate of drug-likeness (QED) is 0.770. The van der Waals surface area contributed by atoms with E-state index < -0.39 is 0 Å². The second kappa shape index (κ2) is 4.53. The van der Waals surface area contributed by atoms with E-state index in [1.54, 1.807) is 6.20 Å². The zero-order valence-corrected chi connectivity index (χ0v) is 9.90. The molecule has 84 valence electrons. The molecular weight excluding hydrogens is 226 g/mol. The number of nitrogens with zero attached hydrogens (tertiary/aromatic N) is 3. The maximum atomic E-state index is 5.72. The average molecular weight is 238 g/mol. The van der Waals surface area contributed by atoms with Crippen molar-refractivity contribution in [3.05, 3.63) is 41.2 Å². The minimum absolute atomic E-state index is 0.250. The van der Waals surface area contributed by atoms with Crippen LogP contribution in [0.15, 0.2) is 28.8 Å². The van der Waals surface area contributed by atoms with Gasteiger partial charge < -0.3 is 9.32 Å². The van der Waals surface area contributed by atoms with E-state index >= 15 is 0 Å². The molecule has 0 aromatic carbocycles. The molecule has 0 aliphatic rings. The van der Waals surface area contributed by atoms with Gasteiger partial charge in [0.1, 0.15) is 17.3 Å². The molecule has 0 bridgehead atoms. The van der Waals surface area contributed by atoms with E-state index in [9.17, 15) is 0 Å². The molecule has 0 spiro atoms. The zero-order chi connectivity index (χ0) is 11.5. The fourth-order valence-corrected chi connectivity index (χ4v) is 1.57. The molecular formula is C11H12ClN3O. The SMILES string of the molecule is Cc1ccc(CN(C)c2ccnc(Cl)n2)o1. The molecule has 0 saturated carbocycles. The van der Waals surface area contributed by atoms with Gasteiger partial charge in [-0.1, -0.05) is 0 Å². The van der Waals surface area contributed by atoms with E-state index in [0.29, 0.717) is 6.54 Å². The second-order valence-electron chi connectivity index (χ2n) is 3.55. The Balaban J connectivity index is 2.11. The zero-order valence-electron chi connectivity index (χ0n) is 9.14. The molecule has 0 N–H and O–H groups in total. The van der Waals surface area contributed by atoms with Gasteiger partial charge in [-0.05, 0) is 36.7 Å². The highest BCUT2D eigenvalue weighted by molar-refractivity contribution is 6.28. The van der Waals surface area contributed by atoms with Crippen LogP contribution in [0, 0.1) is 6.92 Å². The minimum atomic E-state index is 0.250. The topological polar surface area (TPSA) is 42.2 Å². The van der Waals surface area contributed by atoms with Crippen molar-refractivity contribution >= 4 is 17.4 Å². The van der Waals surface area contributed by atoms with Crippen LogP contribution in [0.5, 0.6) is 0 Å². The molecule has 0 aliphatic heterocycles. The van der Waals surface area contributed by atoms with Crippen LogP contribution in [0.3, 0.4) is 0 Å². The molecule has 0 amide bonds. The van der Waals surface area contributed by atoms with Gasteiger partial charge in [0.05, 0.1) is 6.54 Å². The van der Waals surface area contributed by atoms with E-state index in [1.807, 2.05) is 37.1 Å². The largest absolute Gasteiger partial charge is 0.464 e. The van der Waals surface area contributed by atoms with Crippen LogP contribution in [0.2, 0.25) is 5.28 Å². The number of hydrogen-bond acceptors (Lipinski definition) is 4. The van der Waals surface area contributed by atoms with Gasteiger partial charge in [0.2, 0.25) is 5.28 Å². The molecule has 0 radical (unpaired) electrons. The number of aromatic nitrogens is 2. The van der Waals surface area contributed by atoms with Crippen molar-refractivity contribution in [3.63, 3.8) is 0 Å². The van der Waals surface area contributed by atoms with Gasteiger partial charge in [0.15, 0.2) is 0 Å². The summed E-state index contributed by atoms with van der Waals surface area (Å²) in [6.45, 7) is 2.58. The monoisotopic (exact) mass is 237 g/mol. The van der Waals surface area contributed by atoms with Crippen LogP contribution in [0.1, 0.15) is 11.5 Å². The Kier molecular flexibility index (Phi) is 3.10. The van der Waals surface area contributed by atoms with Gasteiger partial charge in [-0.2, -0.15) is 0 Å². The molecule has 0 fully saturated rings. The second-order valence-corrected chi connectivity index (χ2v) is 3.89. The first-order valence-electron chi connectivity index (χ1n) is 4.90. The summed E-state index contributed by atoms with van der Waals surface area (Å²) in [6, 6.07) is 5.70. The van der Waals surface area contributed by atoms with Crippen LogP contribution < -0.4 is 4.90 Å². The molecule has 0 unspecified atom stereocenters. The van der Waals surface area contributed by atoms with Gasteiger partial charge in [0, 0.05) is 13.2 Å². The fraction of sp³-hybridized carbons (Fsp3) is 0.273. The van der Waals surface area contributed by atoms with Crippen LogP contribution in [-0.4, -0.2) is 17.0 Å². The first kappa shape index (κ1) is 11.0. The minimum Gasteiger partial charge on any atom is -0.464 e. The first-order valence-corrected chi connectivity index (χ1v) is 5.28. The third-order valence-electron chi connectivity index (χ3n) is 2.19. The lowest BCUT2D eigenvalue weighted by molar-refractivity contribution is 0.481. The highest BCUT2D eigenvalue weighted by atomic mass is 35.5. The highest BCUT2D eigenvalue weighted by Crippen LogP contribution is 2.15. The number of rotatable bonds is 3. The summed E-state index contributed by atoms with van der Waals surface area (Å²) < 4.78 is 5.49. The summed E-state index contributed by atoms with van der Waals surface area (Å²) in [5.41, 5.74) is 0. The molecule has 2 aromatic rings. The van der Waals surface area contributed by atoms with Crippen molar-refractivity contribution in [1.82, 2.24) is 9.97 Å². The molecule has 16 heavy (non-hydrogen) atoms. The number of furan rings is 1. The van der Waals surface area contributed by atoms with Crippen molar-refractivity contribution in [2.75, 3.05) is 11.9 Å². The van der Waals surface area contributed by atoms with Crippen LogP contribution >= 0.6 is 11.6 Å². The maximum absolute atomic E-state index is 5.72. The lowest BCUT2D eigenvalue weighted by Gasteiger charge is -2.16. The molecule has 2 aromatic heterocycles. The van der Waals surface area contributed by atoms with Gasteiger partial charge in [-0.15, -0.1) is 0 Å². The molecule has 2 rings (SSSR count). The van der Waals surface area contributed by atoms with Crippen molar-refractivity contribution < 1.29 is 4.42 Å². The molecule has 5 heteroatoms. The predicted molar refractivity (Wildman–Crippen MR) is 62.6 cm³/mol. The van der Waals surface area contributed by atoms with Gasteiger partial charge in [-0.3, -0.25) is 0 Å². The number of aryl methyl sites for hydroxylation is 1. The highest BCUT2D eigenvalue weighted by Gasteiger charge is 2.06. The van der Waals surface area contributed by atoms with Crippen LogP contribution in [0.25, 0.3) is 0 Å². The summed E-state index contributed by atoms with van der Waals surface area (Å²) >= 11 is 5.72. The standard InChI is InChI=1S/C11H12ClN3O/c1-8-3-4-9(16-8)7-15(2)10-5-6-13-11(12)14-10/h3-6H,7H2,1-2H3. The van der Waals surface area contributed by atoms with E-state index in [4.69, 9.17) is 16.0 Å². The number of hydrogen-bond donors (Lipinski definition) is 0. The Labute approximate surface area is 98.9 Å². The summed E-state index contributed by atoms with van der Waals surface area (Å²) in [6.07, 6.45) is 1.63. The van der Waals surface area contributed by atoms with Crippen molar-refractivity contribution in [2.45, 2.75) is 13.5 Å². The van der Waals surface area contributed by atoms with E-state index in [2.05, 4.69) is 9.97 Å². The Morgan fingerprint density at radius 3 is 2.81 bits per heavy atom. The summed E-state index contributed by atoms with van der Waals surface area (Å²) in [5.74, 6) is 2.58. The Morgan fingerprint density at radius 1 is 1.38 bits per heavy atom. The third-order valence-corrected chi connectivity index (χ3v) is 2.37. The Morgan fingerprint density at radius 2 is 2.19 bits per heavy atom. The number of anilines is 1. The van der Waals surface area contributed by atoms with E-state index in [1.165, 1.54) is 0 Å². The van der Waals surface area contributed by atoms with Gasteiger partial charge >= 0.3 is 0 Å². The molecule has 4 nitrogen and oxygen atoms in total. The Bertz CT molecular complexity index is 484. The summed E-state index contributed by atoms with van der Waals surface area (Å²) in [5, 5.41) is 0.250. The molecule has 2 heterocycles. The fourth-order valence-electron chi connectivity index (χ4n) is 1.42. The van der Waals surface area contributed by atoms with Crippen LogP contribution in [-0.2, 0) is 6.54 Å². The number of halogens is 1. The van der Waals surface area contributed by atoms with Crippen molar-refractivity contribution in [2.24, 2.45) is 0 Å². The Hall–Kier alpha value is -1.55. The van der Waals surface area contributed by atoms with Crippen LogP contribution in [0.4, 0.5) is 5.82 Å². The van der Waals surface area contributed by atoms with E-state index in [0.717, 1.165) is 17.3 Å².